The third kappa shape index (κ3) is 4.68. The lowest BCUT2D eigenvalue weighted by Crippen LogP contribution is -2.27. The minimum absolute atomic E-state index is 0.269. The second-order valence-corrected chi connectivity index (χ2v) is 8.00. The zero-order valence-corrected chi connectivity index (χ0v) is 18.8. The molecule has 0 bridgehead atoms. The zero-order chi connectivity index (χ0) is 23.3. The van der Waals surface area contributed by atoms with E-state index in [4.69, 9.17) is 23.7 Å². The van der Waals surface area contributed by atoms with Crippen LogP contribution in [-0.4, -0.2) is 47.3 Å². The Morgan fingerprint density at radius 1 is 1.24 bits per heavy atom. The average Bonchev–Trinajstić information content (AvgIpc) is 3.27. The molecule has 0 radical (unpaired) electrons. The fraction of sp³-hybridized carbons (Fsp3) is 0.320. The topological polar surface area (TPSA) is 92.2 Å². The molecule has 3 aliphatic rings. The molecule has 0 N–H and O–H groups in total. The molecule has 0 spiro atoms. The summed E-state index contributed by atoms with van der Waals surface area (Å²) in [6.07, 6.45) is 12.9. The van der Waals surface area contributed by atoms with Gasteiger partial charge in [0.25, 0.3) is 0 Å². The molecule has 1 aliphatic carbocycles. The van der Waals surface area contributed by atoms with E-state index >= 15 is 0 Å². The number of hydrogen-bond donors (Lipinski definition) is 0. The molecular weight excluding hydrogens is 438 g/mol. The summed E-state index contributed by atoms with van der Waals surface area (Å²) in [5.41, 5.74) is 1.81. The van der Waals surface area contributed by atoms with Crippen molar-refractivity contribution in [2.75, 3.05) is 20.3 Å². The molecule has 9 nitrogen and oxygen atoms in total. The largest absolute Gasteiger partial charge is 0.497 e. The van der Waals surface area contributed by atoms with Crippen LogP contribution in [0.4, 0.5) is 4.79 Å². The summed E-state index contributed by atoms with van der Waals surface area (Å²) in [5.74, 6) is 2.15. The molecule has 34 heavy (non-hydrogen) atoms. The predicted molar refractivity (Wildman–Crippen MR) is 123 cm³/mol. The van der Waals surface area contributed by atoms with Gasteiger partial charge in [-0.1, -0.05) is 18.2 Å². The SMILES string of the molecule is COc1ccc2ncnc(OCCC[C@H]3CN(C4=COC=C(C5=CC=CCC5)O4)C(=O)O3)c2c1. The Labute approximate surface area is 196 Å². The number of carbonyl (C=O) groups excluding carboxylic acids is 1. The van der Waals surface area contributed by atoms with E-state index in [1.807, 2.05) is 30.4 Å². The maximum atomic E-state index is 12.4. The van der Waals surface area contributed by atoms with E-state index in [9.17, 15) is 4.79 Å². The van der Waals surface area contributed by atoms with Gasteiger partial charge in [-0.05, 0) is 49.5 Å². The van der Waals surface area contributed by atoms with E-state index in [0.29, 0.717) is 49.3 Å². The summed E-state index contributed by atoms with van der Waals surface area (Å²) in [6, 6.07) is 5.56. The van der Waals surface area contributed by atoms with E-state index in [-0.39, 0.29) is 6.10 Å². The Balaban J connectivity index is 1.13. The van der Waals surface area contributed by atoms with Crippen LogP contribution in [0.2, 0.25) is 0 Å². The predicted octanol–water partition coefficient (Wildman–Crippen LogP) is 4.58. The van der Waals surface area contributed by atoms with Crippen LogP contribution in [0.1, 0.15) is 25.7 Å². The number of rotatable bonds is 8. The van der Waals surface area contributed by atoms with Gasteiger partial charge in [0, 0.05) is 0 Å². The van der Waals surface area contributed by atoms with Gasteiger partial charge in [-0.3, -0.25) is 0 Å². The molecule has 1 aromatic carbocycles. The smallest absolute Gasteiger partial charge is 0.417 e. The van der Waals surface area contributed by atoms with Crippen LogP contribution in [0.3, 0.4) is 0 Å². The first-order valence-corrected chi connectivity index (χ1v) is 11.2. The molecule has 0 saturated carbocycles. The summed E-state index contributed by atoms with van der Waals surface area (Å²) in [4.78, 5) is 22.4. The third-order valence-electron chi connectivity index (χ3n) is 5.74. The molecule has 3 heterocycles. The molecule has 1 fully saturated rings. The lowest BCUT2D eigenvalue weighted by Gasteiger charge is -2.23. The summed E-state index contributed by atoms with van der Waals surface area (Å²) >= 11 is 0. The molecule has 1 saturated heterocycles. The van der Waals surface area contributed by atoms with Crippen LogP contribution >= 0.6 is 0 Å². The number of allylic oxidation sites excluding steroid dienone is 4. The van der Waals surface area contributed by atoms with Crippen molar-refractivity contribution in [3.05, 3.63) is 72.5 Å². The monoisotopic (exact) mass is 463 g/mol. The summed E-state index contributed by atoms with van der Waals surface area (Å²) in [7, 11) is 1.61. The van der Waals surface area contributed by atoms with Crippen molar-refractivity contribution in [2.24, 2.45) is 0 Å². The number of fused-ring (bicyclic) bond motifs is 1. The molecule has 9 heteroatoms. The second-order valence-electron chi connectivity index (χ2n) is 8.00. The number of aromatic nitrogens is 2. The van der Waals surface area contributed by atoms with Crippen molar-refractivity contribution in [3.8, 4) is 11.6 Å². The second kappa shape index (κ2) is 9.86. The minimum Gasteiger partial charge on any atom is -0.497 e. The van der Waals surface area contributed by atoms with Crippen molar-refractivity contribution in [3.63, 3.8) is 0 Å². The average molecular weight is 463 g/mol. The third-order valence-corrected chi connectivity index (χ3v) is 5.74. The van der Waals surface area contributed by atoms with Gasteiger partial charge in [0.1, 0.15) is 24.4 Å². The first-order chi connectivity index (χ1) is 16.7. The van der Waals surface area contributed by atoms with Crippen molar-refractivity contribution in [1.29, 1.82) is 0 Å². The highest BCUT2D eigenvalue weighted by molar-refractivity contribution is 5.84. The van der Waals surface area contributed by atoms with Gasteiger partial charge in [0.2, 0.25) is 11.8 Å². The number of cyclic esters (lactones) is 1. The van der Waals surface area contributed by atoms with Gasteiger partial charge in [0.05, 0.1) is 31.2 Å². The molecule has 1 atom stereocenters. The van der Waals surface area contributed by atoms with Gasteiger partial charge >= 0.3 is 6.09 Å². The maximum Gasteiger partial charge on any atom is 0.417 e. The van der Waals surface area contributed by atoms with Gasteiger partial charge in [-0.2, -0.15) is 0 Å². The van der Waals surface area contributed by atoms with Crippen LogP contribution in [0.25, 0.3) is 10.9 Å². The van der Waals surface area contributed by atoms with E-state index in [1.165, 1.54) is 17.5 Å². The van der Waals surface area contributed by atoms with E-state index in [1.54, 1.807) is 13.4 Å². The number of benzene rings is 1. The fourth-order valence-electron chi connectivity index (χ4n) is 3.97. The number of methoxy groups -OCH3 is 1. The summed E-state index contributed by atoms with van der Waals surface area (Å²) < 4.78 is 28.1. The van der Waals surface area contributed by atoms with Crippen LogP contribution in [-0.2, 0) is 14.2 Å². The standard InChI is InChI=1S/C25H25N3O6/c1-30-18-9-10-21-20(12-18)24(27-16-26-21)32-11-5-8-19-13-28(25(29)33-19)23-15-31-14-22(34-23)17-6-3-2-4-7-17/h2-3,6,9-10,12,14-16,19H,4-5,7-8,11,13H2,1H3/t19-/m0/s1. The first kappa shape index (κ1) is 21.8. The van der Waals surface area contributed by atoms with E-state index in [2.05, 4.69) is 16.0 Å². The van der Waals surface area contributed by atoms with Gasteiger partial charge in [0.15, 0.2) is 12.0 Å². The van der Waals surface area contributed by atoms with Crippen molar-refractivity contribution in [2.45, 2.75) is 31.8 Å². The quantitative estimate of drug-likeness (QED) is 0.525. The van der Waals surface area contributed by atoms with Crippen LogP contribution in [0.15, 0.2) is 72.5 Å². The highest BCUT2D eigenvalue weighted by Gasteiger charge is 2.36. The van der Waals surface area contributed by atoms with Crippen LogP contribution in [0, 0.1) is 0 Å². The first-order valence-electron chi connectivity index (χ1n) is 11.2. The molecule has 2 aromatic rings. The minimum atomic E-state index is -0.451. The van der Waals surface area contributed by atoms with E-state index < -0.39 is 6.09 Å². The Hall–Kier alpha value is -4.01. The summed E-state index contributed by atoms with van der Waals surface area (Å²) in [6.45, 7) is 0.808. The number of nitrogens with zero attached hydrogens (tertiary/aromatic N) is 3. The van der Waals surface area contributed by atoms with E-state index in [0.717, 1.165) is 29.3 Å². The molecule has 5 rings (SSSR count). The van der Waals surface area contributed by atoms with Gasteiger partial charge < -0.3 is 23.7 Å². The maximum absolute atomic E-state index is 12.4. The lowest BCUT2D eigenvalue weighted by molar-refractivity contribution is 0.115. The normalized spacial score (nSPS) is 19.6. The zero-order valence-electron chi connectivity index (χ0n) is 18.8. The molecule has 176 valence electrons. The van der Waals surface area contributed by atoms with Gasteiger partial charge in [-0.15, -0.1) is 0 Å². The van der Waals surface area contributed by atoms with Crippen LogP contribution < -0.4 is 9.47 Å². The number of carbonyl (C=O) groups is 1. The Kier molecular flexibility index (Phi) is 6.33. The van der Waals surface area contributed by atoms with Crippen molar-refractivity contribution >= 4 is 17.0 Å². The van der Waals surface area contributed by atoms with Gasteiger partial charge in [-0.25, -0.2) is 19.7 Å². The van der Waals surface area contributed by atoms with Crippen molar-refractivity contribution in [1.82, 2.24) is 14.9 Å². The number of hydrogen-bond acceptors (Lipinski definition) is 8. The number of amides is 1. The lowest BCUT2D eigenvalue weighted by atomic mass is 10.0. The number of ether oxygens (including phenoxy) is 5. The van der Waals surface area contributed by atoms with Crippen molar-refractivity contribution < 1.29 is 28.5 Å². The molecule has 1 amide bonds. The molecule has 2 aliphatic heterocycles. The molecular formula is C25H25N3O6. The Morgan fingerprint density at radius 2 is 2.18 bits per heavy atom. The Morgan fingerprint density at radius 3 is 3.03 bits per heavy atom. The Bertz CT molecular complexity index is 1200. The molecule has 0 unspecified atom stereocenters. The highest BCUT2D eigenvalue weighted by atomic mass is 16.6. The fourth-order valence-corrected chi connectivity index (χ4v) is 3.97. The van der Waals surface area contributed by atoms with Crippen LogP contribution in [0.5, 0.6) is 11.6 Å². The summed E-state index contributed by atoms with van der Waals surface area (Å²) in [5, 5.41) is 0.786. The highest BCUT2D eigenvalue weighted by Crippen LogP contribution is 2.30. The molecule has 1 aromatic heterocycles.